The summed E-state index contributed by atoms with van der Waals surface area (Å²) in [6.45, 7) is 0. The molecule has 0 saturated carbocycles. The zero-order chi connectivity index (χ0) is 28.2. The van der Waals surface area contributed by atoms with Crippen molar-refractivity contribution in [2.75, 3.05) is 0 Å². The Labute approximate surface area is 248 Å². The van der Waals surface area contributed by atoms with E-state index in [1.54, 1.807) is 0 Å². The summed E-state index contributed by atoms with van der Waals surface area (Å²) in [5.41, 5.74) is 14.1. The van der Waals surface area contributed by atoms with Gasteiger partial charge in [-0.3, -0.25) is 4.79 Å². The van der Waals surface area contributed by atoms with Gasteiger partial charge < -0.3 is 4.57 Å². The van der Waals surface area contributed by atoms with E-state index in [1.807, 2.05) is 24.3 Å². The SMILES string of the molecule is O=C1c2ccccc2-c2c1cc1c3c2-c2ccccc2-c2cccc4ccc(c3c24)n1-c1ccc(-c2ccccc2)cc1. The molecule has 2 heteroatoms. The van der Waals surface area contributed by atoms with Crippen molar-refractivity contribution in [2.45, 2.75) is 0 Å². The molecular weight excluding hydrogens is 522 g/mol. The van der Waals surface area contributed by atoms with Crippen LogP contribution in [-0.4, -0.2) is 10.4 Å². The van der Waals surface area contributed by atoms with Crippen LogP contribution in [0.1, 0.15) is 15.9 Å². The molecule has 0 unspecified atom stereocenters. The van der Waals surface area contributed by atoms with Gasteiger partial charge in [-0.15, -0.1) is 0 Å². The van der Waals surface area contributed by atoms with Crippen molar-refractivity contribution in [1.29, 1.82) is 0 Å². The number of hydrogen-bond donors (Lipinski definition) is 0. The normalized spacial score (nSPS) is 12.7. The summed E-state index contributed by atoms with van der Waals surface area (Å²) in [7, 11) is 0. The second kappa shape index (κ2) is 8.18. The van der Waals surface area contributed by atoms with E-state index >= 15 is 0 Å². The highest BCUT2D eigenvalue weighted by molar-refractivity contribution is 6.35. The van der Waals surface area contributed by atoms with Crippen LogP contribution in [0, 0.1) is 0 Å². The van der Waals surface area contributed by atoms with E-state index in [4.69, 9.17) is 0 Å². The largest absolute Gasteiger partial charge is 0.309 e. The zero-order valence-electron chi connectivity index (χ0n) is 23.1. The van der Waals surface area contributed by atoms with Crippen molar-refractivity contribution in [2.24, 2.45) is 0 Å². The number of hydrogen-bond acceptors (Lipinski definition) is 1. The monoisotopic (exact) mass is 545 g/mol. The lowest BCUT2D eigenvalue weighted by atomic mass is 9.88. The van der Waals surface area contributed by atoms with Crippen LogP contribution in [0.4, 0.5) is 0 Å². The summed E-state index contributed by atoms with van der Waals surface area (Å²) >= 11 is 0. The summed E-state index contributed by atoms with van der Waals surface area (Å²) in [5, 5.41) is 4.96. The molecule has 0 fully saturated rings. The maximum atomic E-state index is 14.0. The van der Waals surface area contributed by atoms with Crippen LogP contribution in [0.3, 0.4) is 0 Å². The number of ketones is 1. The van der Waals surface area contributed by atoms with Gasteiger partial charge in [0.25, 0.3) is 0 Å². The van der Waals surface area contributed by atoms with Crippen LogP contribution in [0.5, 0.6) is 0 Å². The lowest BCUT2D eigenvalue weighted by Gasteiger charge is -2.17. The first kappa shape index (κ1) is 22.9. The van der Waals surface area contributed by atoms with Crippen LogP contribution >= 0.6 is 0 Å². The van der Waals surface area contributed by atoms with Crippen LogP contribution < -0.4 is 0 Å². The van der Waals surface area contributed by atoms with E-state index in [1.165, 1.54) is 49.4 Å². The van der Waals surface area contributed by atoms with E-state index in [9.17, 15) is 4.79 Å². The number of aromatic nitrogens is 1. The molecule has 2 aliphatic rings. The minimum Gasteiger partial charge on any atom is -0.309 e. The third-order valence-electron chi connectivity index (χ3n) is 9.47. The molecule has 2 aliphatic carbocycles. The Hall–Kier alpha value is -5.73. The maximum absolute atomic E-state index is 14.0. The minimum atomic E-state index is 0.101. The fourth-order valence-corrected chi connectivity index (χ4v) is 7.68. The number of benzene rings is 7. The maximum Gasteiger partial charge on any atom is 0.194 e. The van der Waals surface area contributed by atoms with Gasteiger partial charge in [0.15, 0.2) is 5.78 Å². The second-order valence-electron chi connectivity index (χ2n) is 11.6. The average molecular weight is 546 g/mol. The molecule has 1 heterocycles. The Morgan fingerprint density at radius 2 is 1.05 bits per heavy atom. The van der Waals surface area contributed by atoms with E-state index in [2.05, 4.69) is 120 Å². The van der Waals surface area contributed by atoms with Gasteiger partial charge in [0, 0.05) is 38.7 Å². The van der Waals surface area contributed by atoms with Gasteiger partial charge in [-0.05, 0) is 68.4 Å². The molecule has 0 radical (unpaired) electrons. The number of carbonyl (C=O) groups excluding carboxylic acids is 1. The molecular formula is C41H23NO. The van der Waals surface area contributed by atoms with Crippen molar-refractivity contribution >= 4 is 38.4 Å². The smallest absolute Gasteiger partial charge is 0.194 e. The molecule has 43 heavy (non-hydrogen) atoms. The first-order valence-electron chi connectivity index (χ1n) is 14.7. The summed E-state index contributed by atoms with van der Waals surface area (Å²) in [6.07, 6.45) is 0. The molecule has 10 rings (SSSR count). The Morgan fingerprint density at radius 3 is 1.84 bits per heavy atom. The van der Waals surface area contributed by atoms with Crippen molar-refractivity contribution in [3.05, 3.63) is 151 Å². The van der Waals surface area contributed by atoms with Crippen LogP contribution in [-0.2, 0) is 0 Å². The van der Waals surface area contributed by atoms with Gasteiger partial charge in [0.2, 0.25) is 0 Å². The fourth-order valence-electron chi connectivity index (χ4n) is 7.68. The Morgan fingerprint density at radius 1 is 0.395 bits per heavy atom. The first-order valence-corrected chi connectivity index (χ1v) is 14.7. The van der Waals surface area contributed by atoms with Gasteiger partial charge in [-0.25, -0.2) is 0 Å². The fraction of sp³-hybridized carbons (Fsp3) is 0. The van der Waals surface area contributed by atoms with Crippen LogP contribution in [0.2, 0.25) is 0 Å². The lowest BCUT2D eigenvalue weighted by Crippen LogP contribution is -1.99. The molecule has 0 N–H and O–H groups in total. The van der Waals surface area contributed by atoms with E-state index in [0.29, 0.717) is 0 Å². The standard InChI is InChI=1S/C41H23NO/c43-41-32-15-7-6-14-31(32)37-33(41)23-35-40-38(37)30-13-5-4-12-28(30)29-16-8-11-26-19-22-34(39(40)36(26)29)42(35)27-20-17-25(18-21-27)24-9-2-1-3-10-24/h1-23H. The first-order chi connectivity index (χ1) is 21.3. The van der Waals surface area contributed by atoms with Crippen molar-refractivity contribution in [1.82, 2.24) is 4.57 Å². The summed E-state index contributed by atoms with van der Waals surface area (Å²) < 4.78 is 2.36. The summed E-state index contributed by atoms with van der Waals surface area (Å²) in [5.74, 6) is 0.101. The molecule has 0 spiro atoms. The molecule has 198 valence electrons. The summed E-state index contributed by atoms with van der Waals surface area (Å²) in [4.78, 5) is 14.0. The van der Waals surface area contributed by atoms with E-state index in [-0.39, 0.29) is 5.78 Å². The lowest BCUT2D eigenvalue weighted by molar-refractivity contribution is 0.104. The number of carbonyl (C=O) groups is 1. The molecule has 2 nitrogen and oxygen atoms in total. The van der Waals surface area contributed by atoms with Crippen LogP contribution in [0.25, 0.3) is 82.8 Å². The molecule has 1 aromatic heterocycles. The minimum absolute atomic E-state index is 0.101. The Bertz CT molecular complexity index is 2500. The highest BCUT2D eigenvalue weighted by atomic mass is 16.1. The van der Waals surface area contributed by atoms with Gasteiger partial charge in [-0.2, -0.15) is 0 Å². The van der Waals surface area contributed by atoms with Gasteiger partial charge in [-0.1, -0.05) is 115 Å². The van der Waals surface area contributed by atoms with E-state index in [0.717, 1.165) is 44.5 Å². The average Bonchev–Trinajstić information content (AvgIpc) is 3.51. The van der Waals surface area contributed by atoms with E-state index < -0.39 is 0 Å². The Kier molecular flexibility index (Phi) is 4.36. The highest BCUT2D eigenvalue weighted by Crippen LogP contribution is 2.55. The summed E-state index contributed by atoms with van der Waals surface area (Å²) in [6, 6.07) is 49.4. The topological polar surface area (TPSA) is 22.0 Å². The molecule has 0 amide bonds. The highest BCUT2D eigenvalue weighted by Gasteiger charge is 2.35. The number of rotatable bonds is 2. The quantitative estimate of drug-likeness (QED) is 0.212. The predicted molar refractivity (Wildman–Crippen MR) is 177 cm³/mol. The third-order valence-corrected chi connectivity index (χ3v) is 9.47. The molecule has 7 aromatic carbocycles. The van der Waals surface area contributed by atoms with Gasteiger partial charge in [0.1, 0.15) is 0 Å². The molecule has 0 aliphatic heterocycles. The van der Waals surface area contributed by atoms with Crippen molar-refractivity contribution < 1.29 is 4.79 Å². The number of fused-ring (bicyclic) bond motifs is 7. The van der Waals surface area contributed by atoms with Gasteiger partial charge in [0.05, 0.1) is 11.0 Å². The molecule has 8 aromatic rings. The van der Waals surface area contributed by atoms with Crippen molar-refractivity contribution in [3.8, 4) is 50.2 Å². The Balaban J connectivity index is 1.41. The molecule has 0 bridgehead atoms. The molecule has 0 atom stereocenters. The second-order valence-corrected chi connectivity index (χ2v) is 11.6. The van der Waals surface area contributed by atoms with Crippen LogP contribution in [0.15, 0.2) is 140 Å². The third kappa shape index (κ3) is 2.90. The molecule has 0 saturated heterocycles. The number of nitrogens with zero attached hydrogens (tertiary/aromatic N) is 1. The zero-order valence-corrected chi connectivity index (χ0v) is 23.1. The van der Waals surface area contributed by atoms with Crippen molar-refractivity contribution in [3.63, 3.8) is 0 Å². The van der Waals surface area contributed by atoms with Gasteiger partial charge >= 0.3 is 0 Å². The predicted octanol–water partition coefficient (Wildman–Crippen LogP) is 10.5.